The molecule has 6 nitrogen and oxygen atoms in total. The monoisotopic (exact) mass is 447 g/mol. The highest BCUT2D eigenvalue weighted by Gasteiger charge is 2.48. The molecule has 0 saturated heterocycles. The summed E-state index contributed by atoms with van der Waals surface area (Å²) in [7, 11) is 2.14. The van der Waals surface area contributed by atoms with Gasteiger partial charge in [-0.25, -0.2) is 4.98 Å². The molecule has 2 atom stereocenters. The molecule has 1 N–H and O–H groups in total. The maximum atomic E-state index is 13.2. The van der Waals surface area contributed by atoms with Crippen molar-refractivity contribution < 1.29 is 14.7 Å². The molecular formula is C27H33N3O3. The van der Waals surface area contributed by atoms with Gasteiger partial charge in [-0.05, 0) is 69.1 Å². The number of likely N-dealkylation sites (N-methyl/N-ethyl adjacent to an activating group) is 1. The average molecular weight is 448 g/mol. The van der Waals surface area contributed by atoms with Crippen molar-refractivity contribution in [3.63, 3.8) is 0 Å². The molecule has 1 aliphatic carbocycles. The summed E-state index contributed by atoms with van der Waals surface area (Å²) in [5.41, 5.74) is 0.382. The third-order valence-corrected chi connectivity index (χ3v) is 7.53. The van der Waals surface area contributed by atoms with Gasteiger partial charge in [0.25, 0.3) is 0 Å². The summed E-state index contributed by atoms with van der Waals surface area (Å²) in [6.07, 6.45) is 8.07. The zero-order valence-corrected chi connectivity index (χ0v) is 19.9. The molecule has 6 heteroatoms. The molecule has 3 aromatic rings. The Morgan fingerprint density at radius 2 is 1.73 bits per heavy atom. The van der Waals surface area contributed by atoms with Gasteiger partial charge < -0.3 is 9.67 Å². The van der Waals surface area contributed by atoms with Crippen LogP contribution in [-0.2, 0) is 4.79 Å². The van der Waals surface area contributed by atoms with Crippen LogP contribution in [0.15, 0.2) is 55.1 Å². The van der Waals surface area contributed by atoms with Crippen LogP contribution in [0.1, 0.15) is 68.4 Å². The van der Waals surface area contributed by atoms with E-state index in [2.05, 4.69) is 54.4 Å². The highest BCUT2D eigenvalue weighted by Crippen LogP contribution is 2.41. The first-order valence-corrected chi connectivity index (χ1v) is 11.8. The number of rotatable bonds is 8. The molecule has 1 heterocycles. The lowest BCUT2D eigenvalue weighted by Gasteiger charge is -2.35. The molecule has 0 amide bonds. The predicted molar refractivity (Wildman–Crippen MR) is 130 cm³/mol. The summed E-state index contributed by atoms with van der Waals surface area (Å²) in [6.45, 7) is 6.60. The van der Waals surface area contributed by atoms with Gasteiger partial charge in [0.05, 0.1) is 12.4 Å². The Hall–Kier alpha value is -2.99. The lowest BCUT2D eigenvalue weighted by molar-refractivity contribution is -0.145. The molecule has 2 aromatic carbocycles. The number of carbonyl (C=O) groups is 2. The molecule has 0 radical (unpaired) electrons. The number of benzene rings is 2. The number of imidazole rings is 1. The Balaban J connectivity index is 1.71. The van der Waals surface area contributed by atoms with E-state index in [1.54, 1.807) is 12.3 Å². The van der Waals surface area contributed by atoms with Crippen molar-refractivity contribution in [1.29, 1.82) is 0 Å². The van der Waals surface area contributed by atoms with Crippen molar-refractivity contribution in [2.24, 2.45) is 5.41 Å². The number of carboxylic acids is 1. The number of aliphatic carboxylic acids is 1. The molecule has 4 rings (SSSR count). The first-order chi connectivity index (χ1) is 15.7. The third-order valence-electron chi connectivity index (χ3n) is 7.53. The number of hydrogen-bond donors (Lipinski definition) is 1. The summed E-state index contributed by atoms with van der Waals surface area (Å²) in [4.78, 5) is 31.8. The van der Waals surface area contributed by atoms with Crippen LogP contribution in [0, 0.1) is 5.41 Å². The largest absolute Gasteiger partial charge is 0.480 e. The number of nitrogens with zero attached hydrogens (tertiary/aromatic N) is 3. The summed E-state index contributed by atoms with van der Waals surface area (Å²) in [5, 5.41) is 11.8. The van der Waals surface area contributed by atoms with E-state index in [-0.39, 0.29) is 17.9 Å². The van der Waals surface area contributed by atoms with Crippen LogP contribution in [0.25, 0.3) is 10.8 Å². The highest BCUT2D eigenvalue weighted by molar-refractivity contribution is 6.13. The number of aromatic nitrogens is 2. The van der Waals surface area contributed by atoms with Gasteiger partial charge in [-0.15, -0.1) is 0 Å². The number of carbonyl (C=O) groups excluding carboxylic acids is 1. The van der Waals surface area contributed by atoms with Crippen molar-refractivity contribution >= 4 is 22.5 Å². The van der Waals surface area contributed by atoms with E-state index in [0.29, 0.717) is 24.4 Å². The SMILES string of the molecule is CC(C)N(C)C(C)C(c1ccc2cc(C(=O)C3(C(=O)O)CCCC3)ccc2c1)n1ccnc1. The van der Waals surface area contributed by atoms with Crippen LogP contribution in [0.5, 0.6) is 0 Å². The van der Waals surface area contributed by atoms with Crippen molar-refractivity contribution in [1.82, 2.24) is 14.5 Å². The van der Waals surface area contributed by atoms with E-state index >= 15 is 0 Å². The van der Waals surface area contributed by atoms with Crippen LogP contribution in [-0.4, -0.2) is 50.4 Å². The molecule has 1 aliphatic rings. The number of ketones is 1. The molecule has 2 unspecified atom stereocenters. The van der Waals surface area contributed by atoms with Gasteiger partial charge in [0, 0.05) is 30.0 Å². The van der Waals surface area contributed by atoms with Crippen LogP contribution >= 0.6 is 0 Å². The Bertz CT molecular complexity index is 1150. The summed E-state index contributed by atoms with van der Waals surface area (Å²) >= 11 is 0. The zero-order chi connectivity index (χ0) is 23.8. The maximum absolute atomic E-state index is 13.2. The van der Waals surface area contributed by atoms with E-state index < -0.39 is 11.4 Å². The number of Topliss-reactive ketones (excluding diaryl/α,β-unsaturated/α-hetero) is 1. The van der Waals surface area contributed by atoms with Gasteiger partial charge >= 0.3 is 5.97 Å². The van der Waals surface area contributed by atoms with Crippen LogP contribution in [0.2, 0.25) is 0 Å². The summed E-state index contributed by atoms with van der Waals surface area (Å²) in [6, 6.07) is 12.6. The Morgan fingerprint density at radius 1 is 1.06 bits per heavy atom. The van der Waals surface area contributed by atoms with Gasteiger partial charge in [-0.2, -0.15) is 0 Å². The normalized spacial score (nSPS) is 17.5. The smallest absolute Gasteiger partial charge is 0.317 e. The molecular weight excluding hydrogens is 414 g/mol. The minimum Gasteiger partial charge on any atom is -0.480 e. The molecule has 174 valence electrons. The second-order valence-corrected chi connectivity index (χ2v) is 9.70. The summed E-state index contributed by atoms with van der Waals surface area (Å²) < 4.78 is 2.14. The molecule has 33 heavy (non-hydrogen) atoms. The lowest BCUT2D eigenvalue weighted by Crippen LogP contribution is -2.41. The Labute approximate surface area is 195 Å². The van der Waals surface area contributed by atoms with Gasteiger partial charge in [0.1, 0.15) is 5.41 Å². The average Bonchev–Trinajstić information content (AvgIpc) is 3.51. The molecule has 0 bridgehead atoms. The molecule has 0 spiro atoms. The van der Waals surface area contributed by atoms with Gasteiger partial charge in [-0.1, -0.05) is 37.1 Å². The minimum atomic E-state index is -1.27. The van der Waals surface area contributed by atoms with E-state index in [9.17, 15) is 14.7 Å². The maximum Gasteiger partial charge on any atom is 0.317 e. The van der Waals surface area contributed by atoms with Gasteiger partial charge in [-0.3, -0.25) is 14.5 Å². The minimum absolute atomic E-state index is 0.0828. The molecule has 1 aromatic heterocycles. The molecule has 0 aliphatic heterocycles. The second-order valence-electron chi connectivity index (χ2n) is 9.70. The lowest BCUT2D eigenvalue weighted by atomic mass is 9.78. The third kappa shape index (κ3) is 4.20. The van der Waals surface area contributed by atoms with Crippen molar-refractivity contribution in [3.05, 3.63) is 66.2 Å². The second kappa shape index (κ2) is 9.10. The first kappa shape index (κ1) is 23.2. The van der Waals surface area contributed by atoms with Crippen LogP contribution in [0.3, 0.4) is 0 Å². The standard InChI is InChI=1S/C27H33N3O3/c1-18(2)29(4)19(3)24(30-14-13-28-17-30)22-9-7-21-16-23(10-8-20(21)15-22)25(31)27(26(32)33)11-5-6-12-27/h7-10,13-19,24H,5-6,11-12H2,1-4H3,(H,32,33). The number of carboxylic acid groups (broad SMARTS) is 1. The van der Waals surface area contributed by atoms with E-state index in [4.69, 9.17) is 0 Å². The van der Waals surface area contributed by atoms with Gasteiger partial charge in [0.15, 0.2) is 5.78 Å². The van der Waals surface area contributed by atoms with E-state index in [1.165, 1.54) is 0 Å². The van der Waals surface area contributed by atoms with Crippen molar-refractivity contribution in [2.75, 3.05) is 7.05 Å². The van der Waals surface area contributed by atoms with Crippen LogP contribution in [0.4, 0.5) is 0 Å². The Kier molecular flexibility index (Phi) is 6.39. The molecule has 1 saturated carbocycles. The fourth-order valence-corrected chi connectivity index (χ4v) is 5.21. The summed E-state index contributed by atoms with van der Waals surface area (Å²) in [5.74, 6) is -1.26. The first-order valence-electron chi connectivity index (χ1n) is 11.8. The topological polar surface area (TPSA) is 75.4 Å². The number of fused-ring (bicyclic) bond motifs is 1. The van der Waals surface area contributed by atoms with Crippen molar-refractivity contribution in [2.45, 2.75) is 64.6 Å². The van der Waals surface area contributed by atoms with E-state index in [1.807, 2.05) is 30.7 Å². The number of hydrogen-bond acceptors (Lipinski definition) is 4. The quantitative estimate of drug-likeness (QED) is 0.380. The highest BCUT2D eigenvalue weighted by atomic mass is 16.4. The Morgan fingerprint density at radius 3 is 2.33 bits per heavy atom. The zero-order valence-electron chi connectivity index (χ0n) is 19.9. The van der Waals surface area contributed by atoms with Crippen molar-refractivity contribution in [3.8, 4) is 0 Å². The van der Waals surface area contributed by atoms with E-state index in [0.717, 1.165) is 29.2 Å². The fourth-order valence-electron chi connectivity index (χ4n) is 5.21. The predicted octanol–water partition coefficient (Wildman–Crippen LogP) is 5.18. The van der Waals surface area contributed by atoms with Gasteiger partial charge in [0.2, 0.25) is 0 Å². The fraction of sp³-hybridized carbons (Fsp3) is 0.444. The molecule has 1 fully saturated rings. The van der Waals surface area contributed by atoms with Crippen LogP contribution < -0.4 is 0 Å².